The first-order valence-electron chi connectivity index (χ1n) is 5.31. The molecule has 1 aliphatic heterocycles. The van der Waals surface area contributed by atoms with Gasteiger partial charge in [-0.3, -0.25) is 9.58 Å². The van der Waals surface area contributed by atoms with Crippen molar-refractivity contribution in [2.75, 3.05) is 13.1 Å². The molecule has 0 amide bonds. The predicted octanol–water partition coefficient (Wildman–Crippen LogP) is -1.34. The summed E-state index contributed by atoms with van der Waals surface area (Å²) in [6, 6.07) is 0. The number of nitrogens with zero attached hydrogens (tertiary/aromatic N) is 3. The lowest BCUT2D eigenvalue weighted by atomic mass is 10.2. The molecule has 0 aromatic carbocycles. The minimum Gasteiger partial charge on any atom is -0.478 e. The number of carboxylic acids is 1. The lowest BCUT2D eigenvalue weighted by Gasteiger charge is -2.15. The van der Waals surface area contributed by atoms with Crippen LogP contribution in [0, 0.1) is 0 Å². The van der Waals surface area contributed by atoms with Gasteiger partial charge in [0, 0.05) is 26.7 Å². The van der Waals surface area contributed by atoms with Gasteiger partial charge in [-0.15, -0.1) is 0 Å². The van der Waals surface area contributed by atoms with Crippen LogP contribution in [0.2, 0.25) is 0 Å². The number of aromatic carboxylic acids is 1. The van der Waals surface area contributed by atoms with Crippen molar-refractivity contribution < 1.29 is 20.1 Å². The largest absolute Gasteiger partial charge is 0.478 e. The Morgan fingerprint density at radius 2 is 2.06 bits per heavy atom. The number of carboxylic acid groups (broad SMARTS) is 1. The molecule has 0 radical (unpaired) electrons. The maximum Gasteiger partial charge on any atom is 0.339 e. The molecule has 2 heterocycles. The number of aryl methyl sites for hydroxylation is 1. The average molecular weight is 241 g/mol. The van der Waals surface area contributed by atoms with Gasteiger partial charge in [0.15, 0.2) is 0 Å². The van der Waals surface area contributed by atoms with Crippen molar-refractivity contribution in [3.05, 3.63) is 17.5 Å². The molecule has 7 heteroatoms. The fourth-order valence-electron chi connectivity index (χ4n) is 2.02. The molecular weight excluding hydrogens is 226 g/mol. The molecule has 2 rings (SSSR count). The summed E-state index contributed by atoms with van der Waals surface area (Å²) in [4.78, 5) is 12.8. The number of carbonyl (C=O) groups is 1. The Morgan fingerprint density at radius 1 is 1.47 bits per heavy atom. The SMILES string of the molecule is Cn1ncc(C(=O)O)c1CN1CC(O)C(O)C1. The third-order valence-electron chi connectivity index (χ3n) is 3.00. The van der Waals surface area contributed by atoms with Crippen molar-refractivity contribution in [3.63, 3.8) is 0 Å². The average Bonchev–Trinajstić information content (AvgIpc) is 2.74. The Bertz CT molecular complexity index is 421. The van der Waals surface area contributed by atoms with E-state index in [1.165, 1.54) is 10.9 Å². The fraction of sp³-hybridized carbons (Fsp3) is 0.600. The number of hydrogen-bond acceptors (Lipinski definition) is 5. The highest BCUT2D eigenvalue weighted by Gasteiger charge is 2.30. The van der Waals surface area contributed by atoms with Crippen molar-refractivity contribution in [1.29, 1.82) is 0 Å². The van der Waals surface area contributed by atoms with Crippen LogP contribution in [0.25, 0.3) is 0 Å². The summed E-state index contributed by atoms with van der Waals surface area (Å²) < 4.78 is 1.50. The summed E-state index contributed by atoms with van der Waals surface area (Å²) in [5.74, 6) is -1.02. The van der Waals surface area contributed by atoms with Crippen LogP contribution in [-0.2, 0) is 13.6 Å². The lowest BCUT2D eigenvalue weighted by molar-refractivity contribution is 0.0572. The molecule has 1 aromatic rings. The zero-order valence-corrected chi connectivity index (χ0v) is 9.44. The van der Waals surface area contributed by atoms with Gasteiger partial charge in [0.05, 0.1) is 24.1 Å². The molecule has 0 saturated carbocycles. The molecule has 0 aliphatic carbocycles. The zero-order valence-electron chi connectivity index (χ0n) is 9.44. The molecule has 7 nitrogen and oxygen atoms in total. The molecule has 2 unspecified atom stereocenters. The molecule has 1 fully saturated rings. The second-order valence-corrected chi connectivity index (χ2v) is 4.26. The number of rotatable bonds is 3. The monoisotopic (exact) mass is 241 g/mol. The Hall–Kier alpha value is -1.44. The molecule has 1 aromatic heterocycles. The second-order valence-electron chi connectivity index (χ2n) is 4.26. The van der Waals surface area contributed by atoms with Crippen molar-refractivity contribution in [1.82, 2.24) is 14.7 Å². The van der Waals surface area contributed by atoms with E-state index in [1.807, 2.05) is 0 Å². The summed E-state index contributed by atoms with van der Waals surface area (Å²) in [7, 11) is 1.67. The molecule has 94 valence electrons. The zero-order chi connectivity index (χ0) is 12.6. The normalized spacial score (nSPS) is 25.4. The van der Waals surface area contributed by atoms with Gasteiger partial charge in [0.1, 0.15) is 5.56 Å². The standard InChI is InChI=1S/C10H15N3O4/c1-12-7(6(2-11-12)10(16)17)3-13-4-8(14)9(15)5-13/h2,8-9,14-15H,3-5H2,1H3,(H,16,17). The highest BCUT2D eigenvalue weighted by atomic mass is 16.4. The first-order valence-corrected chi connectivity index (χ1v) is 5.31. The smallest absolute Gasteiger partial charge is 0.339 e. The molecule has 1 saturated heterocycles. The number of aromatic nitrogens is 2. The van der Waals surface area contributed by atoms with E-state index >= 15 is 0 Å². The molecule has 17 heavy (non-hydrogen) atoms. The van der Waals surface area contributed by atoms with Crippen molar-refractivity contribution in [3.8, 4) is 0 Å². The van der Waals surface area contributed by atoms with E-state index in [-0.39, 0.29) is 5.56 Å². The van der Waals surface area contributed by atoms with Crippen LogP contribution in [0.4, 0.5) is 0 Å². The van der Waals surface area contributed by atoms with E-state index in [0.29, 0.717) is 25.3 Å². The highest BCUT2D eigenvalue weighted by molar-refractivity contribution is 5.88. The third kappa shape index (κ3) is 2.31. The van der Waals surface area contributed by atoms with Gasteiger partial charge in [-0.1, -0.05) is 0 Å². The van der Waals surface area contributed by atoms with E-state index in [2.05, 4.69) is 5.10 Å². The Morgan fingerprint density at radius 3 is 2.59 bits per heavy atom. The summed E-state index contributed by atoms with van der Waals surface area (Å²) in [5.41, 5.74) is 0.724. The summed E-state index contributed by atoms with van der Waals surface area (Å²) in [5, 5.41) is 31.7. The van der Waals surface area contributed by atoms with Crippen LogP contribution in [0.5, 0.6) is 0 Å². The van der Waals surface area contributed by atoms with Crippen LogP contribution in [0.1, 0.15) is 16.1 Å². The maximum absolute atomic E-state index is 11.0. The van der Waals surface area contributed by atoms with Gasteiger partial charge < -0.3 is 15.3 Å². The van der Waals surface area contributed by atoms with Crippen LogP contribution in [0.3, 0.4) is 0 Å². The summed E-state index contributed by atoms with van der Waals surface area (Å²) in [6.45, 7) is 1.03. The van der Waals surface area contributed by atoms with Crippen LogP contribution >= 0.6 is 0 Å². The molecule has 0 spiro atoms. The first kappa shape index (κ1) is 12.0. The molecular formula is C10H15N3O4. The summed E-state index contributed by atoms with van der Waals surface area (Å²) >= 11 is 0. The number of hydrogen-bond donors (Lipinski definition) is 3. The molecule has 0 bridgehead atoms. The van der Waals surface area contributed by atoms with E-state index in [9.17, 15) is 15.0 Å². The van der Waals surface area contributed by atoms with E-state index in [0.717, 1.165) is 0 Å². The minimum atomic E-state index is -1.02. The number of aliphatic hydroxyl groups is 2. The Kier molecular flexibility index (Phi) is 3.14. The quantitative estimate of drug-likeness (QED) is 0.605. The highest BCUT2D eigenvalue weighted by Crippen LogP contribution is 2.16. The lowest BCUT2D eigenvalue weighted by Crippen LogP contribution is -2.24. The van der Waals surface area contributed by atoms with Gasteiger partial charge in [-0.2, -0.15) is 5.10 Å². The van der Waals surface area contributed by atoms with Gasteiger partial charge >= 0.3 is 5.97 Å². The van der Waals surface area contributed by atoms with Gasteiger partial charge in [0.2, 0.25) is 0 Å². The van der Waals surface area contributed by atoms with E-state index in [1.54, 1.807) is 11.9 Å². The van der Waals surface area contributed by atoms with Gasteiger partial charge in [-0.25, -0.2) is 4.79 Å². The van der Waals surface area contributed by atoms with Crippen LogP contribution in [0.15, 0.2) is 6.20 Å². The van der Waals surface area contributed by atoms with Gasteiger partial charge in [-0.05, 0) is 0 Å². The van der Waals surface area contributed by atoms with Crippen molar-refractivity contribution >= 4 is 5.97 Å². The second kappa shape index (κ2) is 4.44. The molecule has 1 aliphatic rings. The maximum atomic E-state index is 11.0. The van der Waals surface area contributed by atoms with Crippen molar-refractivity contribution in [2.24, 2.45) is 7.05 Å². The Balaban J connectivity index is 2.14. The topological polar surface area (TPSA) is 98.8 Å². The van der Waals surface area contributed by atoms with E-state index < -0.39 is 18.2 Å². The number of aliphatic hydroxyl groups excluding tert-OH is 2. The van der Waals surface area contributed by atoms with Crippen LogP contribution in [-0.4, -0.2) is 61.3 Å². The van der Waals surface area contributed by atoms with E-state index in [4.69, 9.17) is 5.11 Å². The fourth-order valence-corrected chi connectivity index (χ4v) is 2.02. The van der Waals surface area contributed by atoms with Crippen LogP contribution < -0.4 is 0 Å². The summed E-state index contributed by atoms with van der Waals surface area (Å²) in [6.07, 6.45) is -0.228. The minimum absolute atomic E-state index is 0.156. The number of β-amino-alcohol motifs (C(OH)–C–C–N with tert-alkyl or cyclic N) is 2. The predicted molar refractivity (Wildman–Crippen MR) is 57.5 cm³/mol. The molecule has 2 atom stereocenters. The van der Waals surface area contributed by atoms with Gasteiger partial charge in [0.25, 0.3) is 0 Å². The third-order valence-corrected chi connectivity index (χ3v) is 3.00. The Labute approximate surface area is 97.9 Å². The first-order chi connectivity index (χ1) is 7.99. The number of likely N-dealkylation sites (tertiary alicyclic amines) is 1. The van der Waals surface area contributed by atoms with Crippen molar-refractivity contribution in [2.45, 2.75) is 18.8 Å². The molecule has 3 N–H and O–H groups in total.